The van der Waals surface area contributed by atoms with Crippen molar-refractivity contribution in [3.63, 3.8) is 0 Å². The van der Waals surface area contributed by atoms with Gasteiger partial charge in [-0.25, -0.2) is 4.79 Å². The maximum absolute atomic E-state index is 13.5. The number of thiophene rings is 1. The number of carboxylic acid groups (broad SMARTS) is 1. The summed E-state index contributed by atoms with van der Waals surface area (Å²) in [5, 5.41) is 15.3. The van der Waals surface area contributed by atoms with Crippen molar-refractivity contribution < 1.29 is 14.7 Å². The first-order valence-corrected chi connectivity index (χ1v) is 19.5. The van der Waals surface area contributed by atoms with Gasteiger partial charge < -0.3 is 14.9 Å². The zero-order valence-electron chi connectivity index (χ0n) is 30.1. The molecule has 3 aliphatic heterocycles. The van der Waals surface area contributed by atoms with E-state index in [1.54, 1.807) is 30.3 Å². The van der Waals surface area contributed by atoms with Crippen molar-refractivity contribution in [1.29, 1.82) is 0 Å². The van der Waals surface area contributed by atoms with Crippen molar-refractivity contribution in [2.24, 2.45) is 5.10 Å². The van der Waals surface area contributed by atoms with Crippen molar-refractivity contribution in [3.8, 4) is 0 Å². The monoisotopic (exact) mass is 738 g/mol. The number of fused-ring (bicyclic) bond motifs is 2. The fraction of sp³-hybridized carbons (Fsp3) is 0.128. The van der Waals surface area contributed by atoms with Crippen molar-refractivity contribution in [2.45, 2.75) is 25.7 Å². The molecule has 6 aromatic rings. The number of aliphatic carboxylic acids is 1. The minimum atomic E-state index is -1.24. The number of carbonyl (C=O) groups excluding carboxylic acids is 1. The molecular formula is C47H38N4O3S. The Kier molecular flexibility index (Phi) is 9.17. The van der Waals surface area contributed by atoms with E-state index in [9.17, 15) is 14.7 Å². The van der Waals surface area contributed by atoms with Gasteiger partial charge in [-0.2, -0.15) is 10.1 Å². The van der Waals surface area contributed by atoms with Gasteiger partial charge in [0.15, 0.2) is 5.71 Å². The molecule has 1 amide bonds. The molecular weight excluding hydrogens is 701 g/mol. The summed E-state index contributed by atoms with van der Waals surface area (Å²) in [7, 11) is 0. The summed E-state index contributed by atoms with van der Waals surface area (Å²) in [5.41, 5.74) is 11.3. The van der Waals surface area contributed by atoms with E-state index in [0.717, 1.165) is 70.2 Å². The van der Waals surface area contributed by atoms with Crippen LogP contribution in [0, 0.1) is 0 Å². The molecule has 5 aromatic carbocycles. The van der Waals surface area contributed by atoms with Gasteiger partial charge in [0.05, 0.1) is 11.3 Å². The van der Waals surface area contributed by atoms with Crippen LogP contribution in [0.1, 0.15) is 44.8 Å². The number of nitrogens with zero attached hydrogens (tertiary/aromatic N) is 4. The SMILES string of the molecule is O=C(O)C1=NN(c2ccccc2)C(=O)C1=Cc1ccc(C=C(c2ccc3c(c2)CCCN3c2ccccc2)c2ccc3c(c2)CCCN3c2ccccc2)s1. The lowest BCUT2D eigenvalue weighted by Crippen LogP contribution is -2.24. The highest BCUT2D eigenvalue weighted by Gasteiger charge is 2.35. The molecule has 0 radical (unpaired) electrons. The van der Waals surface area contributed by atoms with Gasteiger partial charge in [-0.3, -0.25) is 4.79 Å². The summed E-state index contributed by atoms with van der Waals surface area (Å²) in [6.07, 6.45) is 8.04. The fourth-order valence-electron chi connectivity index (χ4n) is 7.87. The number of para-hydroxylation sites is 3. The molecule has 0 bridgehead atoms. The van der Waals surface area contributed by atoms with Crippen LogP contribution in [-0.2, 0) is 22.4 Å². The minimum Gasteiger partial charge on any atom is -0.476 e. The maximum Gasteiger partial charge on any atom is 0.357 e. The zero-order chi connectivity index (χ0) is 37.3. The van der Waals surface area contributed by atoms with E-state index < -0.39 is 11.9 Å². The predicted octanol–water partition coefficient (Wildman–Crippen LogP) is 10.4. The van der Waals surface area contributed by atoms with Crippen molar-refractivity contribution in [3.05, 3.63) is 177 Å². The molecule has 3 aliphatic rings. The molecule has 55 heavy (non-hydrogen) atoms. The third-order valence-electron chi connectivity index (χ3n) is 10.5. The topological polar surface area (TPSA) is 76.4 Å². The minimum absolute atomic E-state index is 0.0595. The second-order valence-electron chi connectivity index (χ2n) is 13.9. The molecule has 9 rings (SSSR count). The van der Waals surface area contributed by atoms with E-state index in [-0.39, 0.29) is 11.3 Å². The smallest absolute Gasteiger partial charge is 0.357 e. The van der Waals surface area contributed by atoms with E-state index in [1.165, 1.54) is 45.2 Å². The third-order valence-corrected chi connectivity index (χ3v) is 11.4. The third kappa shape index (κ3) is 6.77. The summed E-state index contributed by atoms with van der Waals surface area (Å²) in [4.78, 5) is 32.3. The van der Waals surface area contributed by atoms with Crippen LogP contribution < -0.4 is 14.8 Å². The van der Waals surface area contributed by atoms with Gasteiger partial charge in [0.25, 0.3) is 5.91 Å². The highest BCUT2D eigenvalue weighted by atomic mass is 32.1. The van der Waals surface area contributed by atoms with Gasteiger partial charge in [0, 0.05) is 45.6 Å². The van der Waals surface area contributed by atoms with Crippen LogP contribution in [0.2, 0.25) is 0 Å². The van der Waals surface area contributed by atoms with Crippen LogP contribution in [0.25, 0.3) is 17.7 Å². The van der Waals surface area contributed by atoms with Gasteiger partial charge in [-0.15, -0.1) is 11.3 Å². The van der Waals surface area contributed by atoms with E-state index in [1.807, 2.05) is 18.2 Å². The largest absolute Gasteiger partial charge is 0.476 e. The molecule has 0 saturated carbocycles. The van der Waals surface area contributed by atoms with Gasteiger partial charge in [-0.05, 0) is 138 Å². The Balaban J connectivity index is 1.11. The lowest BCUT2D eigenvalue weighted by Gasteiger charge is -2.32. The van der Waals surface area contributed by atoms with Gasteiger partial charge in [-0.1, -0.05) is 66.7 Å². The van der Waals surface area contributed by atoms with E-state index in [0.29, 0.717) is 5.69 Å². The number of anilines is 5. The zero-order valence-corrected chi connectivity index (χ0v) is 31.0. The molecule has 270 valence electrons. The maximum atomic E-state index is 13.5. The van der Waals surface area contributed by atoms with E-state index in [4.69, 9.17) is 0 Å². The first-order valence-electron chi connectivity index (χ1n) is 18.7. The Morgan fingerprint density at radius 1 is 0.636 bits per heavy atom. The van der Waals surface area contributed by atoms with Crippen LogP contribution in [0.3, 0.4) is 0 Å². The quantitative estimate of drug-likeness (QED) is 0.157. The second-order valence-corrected chi connectivity index (χ2v) is 15.1. The van der Waals surface area contributed by atoms with Crippen LogP contribution in [0.5, 0.6) is 0 Å². The number of benzene rings is 5. The Hall–Kier alpha value is -6.51. The molecule has 4 heterocycles. The Labute approximate surface area is 324 Å². The summed E-state index contributed by atoms with van der Waals surface area (Å²) in [5.74, 6) is -1.71. The van der Waals surface area contributed by atoms with Crippen LogP contribution in [0.15, 0.2) is 150 Å². The first-order chi connectivity index (χ1) is 27.0. The Morgan fingerprint density at radius 2 is 1.15 bits per heavy atom. The van der Waals surface area contributed by atoms with Gasteiger partial charge in [0.1, 0.15) is 0 Å². The first kappa shape index (κ1) is 34.3. The average molecular weight is 739 g/mol. The molecule has 0 aliphatic carbocycles. The average Bonchev–Trinajstić information content (AvgIpc) is 3.83. The van der Waals surface area contributed by atoms with Gasteiger partial charge >= 0.3 is 5.97 Å². The normalized spacial score (nSPS) is 15.8. The number of hydrazone groups is 1. The van der Waals surface area contributed by atoms with Crippen molar-refractivity contribution in [1.82, 2.24) is 0 Å². The molecule has 0 unspecified atom stereocenters. The summed E-state index contributed by atoms with van der Waals surface area (Å²) in [6, 6.07) is 47.8. The van der Waals surface area contributed by atoms with Crippen LogP contribution in [0.4, 0.5) is 28.4 Å². The van der Waals surface area contributed by atoms with Gasteiger partial charge in [0.2, 0.25) is 0 Å². The molecule has 8 heteroatoms. The Morgan fingerprint density at radius 3 is 1.67 bits per heavy atom. The number of aryl methyl sites for hydroxylation is 2. The van der Waals surface area contributed by atoms with E-state index >= 15 is 0 Å². The van der Waals surface area contributed by atoms with Crippen molar-refractivity contribution in [2.75, 3.05) is 27.9 Å². The second kappa shape index (κ2) is 14.7. The summed E-state index contributed by atoms with van der Waals surface area (Å²) in [6.45, 7) is 1.96. The highest BCUT2D eigenvalue weighted by molar-refractivity contribution is 7.13. The number of hydrogen-bond donors (Lipinski definition) is 1. The number of carbonyl (C=O) groups is 2. The standard InChI is InChI=1S/C47H38N4O3S/c52-46-42(45(47(53)54)48-51(46)38-18-8-3-9-19-38)31-40-23-22-39(55-40)30-41(32-20-24-43-34(28-32)12-10-26-49(43)36-14-4-1-5-15-36)33-21-25-44-35(29-33)13-11-27-50(44)37-16-6-2-7-17-37/h1-9,14-25,28-31H,10-13,26-27H2,(H,53,54). The lowest BCUT2D eigenvalue weighted by atomic mass is 9.90. The lowest BCUT2D eigenvalue weighted by molar-refractivity contribution is -0.129. The van der Waals surface area contributed by atoms with Crippen LogP contribution in [-0.4, -0.2) is 35.8 Å². The fourth-order valence-corrected chi connectivity index (χ4v) is 8.77. The molecule has 0 fully saturated rings. The number of hydrogen-bond acceptors (Lipinski definition) is 6. The number of carboxylic acids is 1. The Bertz CT molecular complexity index is 2400. The van der Waals surface area contributed by atoms with Crippen molar-refractivity contribution >= 4 is 75.1 Å². The number of amides is 1. The van der Waals surface area contributed by atoms with Crippen LogP contribution >= 0.6 is 11.3 Å². The predicted molar refractivity (Wildman–Crippen MR) is 225 cm³/mol. The molecule has 0 saturated heterocycles. The van der Waals surface area contributed by atoms with E-state index in [2.05, 4.69) is 118 Å². The summed E-state index contributed by atoms with van der Waals surface area (Å²) >= 11 is 1.52. The summed E-state index contributed by atoms with van der Waals surface area (Å²) < 4.78 is 0. The molecule has 0 spiro atoms. The highest BCUT2D eigenvalue weighted by Crippen LogP contribution is 2.40. The molecule has 1 N–H and O–H groups in total. The number of rotatable bonds is 8. The molecule has 7 nitrogen and oxygen atoms in total. The molecule has 0 atom stereocenters. The molecule has 1 aromatic heterocycles.